The molecule has 1 N–H and O–H groups in total. The summed E-state index contributed by atoms with van der Waals surface area (Å²) in [5, 5.41) is 5.01. The zero-order valence-corrected chi connectivity index (χ0v) is 12.0. The van der Waals surface area contributed by atoms with Gasteiger partial charge in [-0.2, -0.15) is 11.8 Å². The van der Waals surface area contributed by atoms with Gasteiger partial charge in [0.1, 0.15) is 0 Å². The molecule has 2 heteroatoms. The SMILES string of the molecule is CSC1CCC(NC(C2CCC2)C2CCC2)C1. The van der Waals surface area contributed by atoms with Crippen LogP contribution in [-0.2, 0) is 0 Å². The Labute approximate surface area is 111 Å². The normalized spacial score (nSPS) is 34.9. The molecule has 0 amide bonds. The molecule has 3 saturated carbocycles. The van der Waals surface area contributed by atoms with Crippen LogP contribution < -0.4 is 5.32 Å². The van der Waals surface area contributed by atoms with Crippen LogP contribution in [0.15, 0.2) is 0 Å². The Balaban J connectivity index is 1.52. The Morgan fingerprint density at radius 3 is 2.00 bits per heavy atom. The Bertz CT molecular complexity index is 233. The van der Waals surface area contributed by atoms with Crippen molar-refractivity contribution in [3.8, 4) is 0 Å². The highest BCUT2D eigenvalue weighted by Crippen LogP contribution is 2.41. The van der Waals surface area contributed by atoms with Crippen LogP contribution in [0, 0.1) is 11.8 Å². The van der Waals surface area contributed by atoms with Crippen molar-refractivity contribution in [1.82, 2.24) is 5.32 Å². The van der Waals surface area contributed by atoms with Gasteiger partial charge in [-0.1, -0.05) is 12.8 Å². The fourth-order valence-electron chi connectivity index (χ4n) is 3.83. The van der Waals surface area contributed by atoms with Crippen LogP contribution in [0.3, 0.4) is 0 Å². The molecule has 0 aliphatic heterocycles. The van der Waals surface area contributed by atoms with E-state index in [9.17, 15) is 0 Å². The van der Waals surface area contributed by atoms with Gasteiger partial charge in [0.05, 0.1) is 0 Å². The molecule has 0 saturated heterocycles. The monoisotopic (exact) mass is 253 g/mol. The van der Waals surface area contributed by atoms with Gasteiger partial charge in [0.15, 0.2) is 0 Å². The van der Waals surface area contributed by atoms with E-state index in [1.165, 1.54) is 57.8 Å². The van der Waals surface area contributed by atoms with Gasteiger partial charge in [0, 0.05) is 17.3 Å². The van der Waals surface area contributed by atoms with Crippen molar-refractivity contribution in [2.45, 2.75) is 75.1 Å². The van der Waals surface area contributed by atoms with E-state index < -0.39 is 0 Å². The Morgan fingerprint density at radius 2 is 1.59 bits per heavy atom. The minimum atomic E-state index is 0.846. The zero-order chi connectivity index (χ0) is 11.7. The molecule has 0 aromatic carbocycles. The van der Waals surface area contributed by atoms with Gasteiger partial charge in [0.25, 0.3) is 0 Å². The number of rotatable bonds is 5. The lowest BCUT2D eigenvalue weighted by molar-refractivity contribution is 0.114. The van der Waals surface area contributed by atoms with Crippen LogP contribution in [-0.4, -0.2) is 23.6 Å². The first-order valence-corrected chi connectivity index (χ1v) is 8.94. The second kappa shape index (κ2) is 5.52. The van der Waals surface area contributed by atoms with Gasteiger partial charge in [0.2, 0.25) is 0 Å². The first-order chi connectivity index (χ1) is 8.36. The average molecular weight is 253 g/mol. The van der Waals surface area contributed by atoms with Gasteiger partial charge >= 0.3 is 0 Å². The van der Waals surface area contributed by atoms with E-state index in [2.05, 4.69) is 23.3 Å². The summed E-state index contributed by atoms with van der Waals surface area (Å²) < 4.78 is 0. The van der Waals surface area contributed by atoms with Crippen molar-refractivity contribution in [2.24, 2.45) is 11.8 Å². The van der Waals surface area contributed by atoms with Crippen molar-refractivity contribution in [3.05, 3.63) is 0 Å². The number of hydrogen-bond acceptors (Lipinski definition) is 2. The minimum Gasteiger partial charge on any atom is -0.311 e. The van der Waals surface area contributed by atoms with E-state index in [-0.39, 0.29) is 0 Å². The molecule has 3 fully saturated rings. The fraction of sp³-hybridized carbons (Fsp3) is 1.00. The lowest BCUT2D eigenvalue weighted by atomic mass is 9.68. The molecule has 2 unspecified atom stereocenters. The van der Waals surface area contributed by atoms with E-state index >= 15 is 0 Å². The highest BCUT2D eigenvalue weighted by Gasteiger charge is 2.38. The molecule has 98 valence electrons. The van der Waals surface area contributed by atoms with Crippen LogP contribution in [0.5, 0.6) is 0 Å². The third kappa shape index (κ3) is 2.68. The fourth-order valence-corrected chi connectivity index (χ4v) is 4.63. The summed E-state index contributed by atoms with van der Waals surface area (Å²) in [5.41, 5.74) is 0. The number of thioether (sulfide) groups is 1. The summed E-state index contributed by atoms with van der Waals surface area (Å²) in [4.78, 5) is 0. The smallest absolute Gasteiger partial charge is 0.0126 e. The lowest BCUT2D eigenvalue weighted by Gasteiger charge is -2.44. The molecule has 0 spiro atoms. The topological polar surface area (TPSA) is 12.0 Å². The Kier molecular flexibility index (Phi) is 4.01. The molecule has 3 aliphatic rings. The second-order valence-electron chi connectivity index (χ2n) is 6.44. The van der Waals surface area contributed by atoms with Gasteiger partial charge in [-0.05, 0) is 63.0 Å². The molecular weight excluding hydrogens is 226 g/mol. The van der Waals surface area contributed by atoms with Crippen LogP contribution >= 0.6 is 11.8 Å². The molecule has 1 nitrogen and oxygen atoms in total. The maximum Gasteiger partial charge on any atom is 0.0126 e. The molecule has 0 bridgehead atoms. The maximum atomic E-state index is 4.07. The quantitative estimate of drug-likeness (QED) is 0.799. The molecule has 2 atom stereocenters. The highest BCUT2D eigenvalue weighted by atomic mass is 32.2. The predicted molar refractivity (Wildman–Crippen MR) is 76.5 cm³/mol. The van der Waals surface area contributed by atoms with Gasteiger partial charge in [-0.15, -0.1) is 0 Å². The number of nitrogens with one attached hydrogen (secondary N) is 1. The molecule has 17 heavy (non-hydrogen) atoms. The third-order valence-electron chi connectivity index (χ3n) is 5.46. The Hall–Kier alpha value is 0.310. The van der Waals surface area contributed by atoms with E-state index in [0.29, 0.717) is 0 Å². The van der Waals surface area contributed by atoms with Crippen molar-refractivity contribution < 1.29 is 0 Å². The third-order valence-corrected chi connectivity index (χ3v) is 6.56. The van der Waals surface area contributed by atoms with Crippen LogP contribution in [0.4, 0.5) is 0 Å². The molecule has 0 aromatic rings. The van der Waals surface area contributed by atoms with E-state index in [1.807, 2.05) is 0 Å². The molecule has 3 aliphatic carbocycles. The number of hydrogen-bond donors (Lipinski definition) is 1. The highest BCUT2D eigenvalue weighted by molar-refractivity contribution is 7.99. The molecular formula is C15H27NS. The van der Waals surface area contributed by atoms with Crippen molar-refractivity contribution in [3.63, 3.8) is 0 Å². The van der Waals surface area contributed by atoms with Crippen molar-refractivity contribution in [2.75, 3.05) is 6.26 Å². The molecule has 3 rings (SSSR count). The maximum absolute atomic E-state index is 4.07. The van der Waals surface area contributed by atoms with Gasteiger partial charge in [-0.3, -0.25) is 0 Å². The standard InChI is InChI=1S/C15H27NS/c1-17-14-9-8-13(10-14)16-15(11-4-2-5-11)12-6-3-7-12/h11-16H,2-10H2,1H3. The van der Waals surface area contributed by atoms with Crippen molar-refractivity contribution in [1.29, 1.82) is 0 Å². The summed E-state index contributed by atoms with van der Waals surface area (Å²) in [7, 11) is 0. The summed E-state index contributed by atoms with van der Waals surface area (Å²) in [6, 6.07) is 1.74. The van der Waals surface area contributed by atoms with Crippen LogP contribution in [0.25, 0.3) is 0 Å². The summed E-state index contributed by atoms with van der Waals surface area (Å²) in [6.45, 7) is 0. The molecule has 0 radical (unpaired) electrons. The van der Waals surface area contributed by atoms with E-state index in [0.717, 1.165) is 29.2 Å². The molecule has 0 aromatic heterocycles. The van der Waals surface area contributed by atoms with Crippen molar-refractivity contribution >= 4 is 11.8 Å². The van der Waals surface area contributed by atoms with E-state index in [1.54, 1.807) is 0 Å². The van der Waals surface area contributed by atoms with Gasteiger partial charge < -0.3 is 5.32 Å². The predicted octanol–water partition coefficient (Wildman–Crippen LogP) is 3.83. The average Bonchev–Trinajstić information content (AvgIpc) is 2.60. The second-order valence-corrected chi connectivity index (χ2v) is 7.58. The zero-order valence-electron chi connectivity index (χ0n) is 11.2. The first kappa shape index (κ1) is 12.3. The summed E-state index contributed by atoms with van der Waals surface area (Å²) >= 11 is 2.08. The van der Waals surface area contributed by atoms with Gasteiger partial charge in [-0.25, -0.2) is 0 Å². The molecule has 0 heterocycles. The largest absolute Gasteiger partial charge is 0.311 e. The summed E-state index contributed by atoms with van der Waals surface area (Å²) in [5.74, 6) is 2.07. The van der Waals surface area contributed by atoms with E-state index in [4.69, 9.17) is 0 Å². The summed E-state index contributed by atoms with van der Waals surface area (Å²) in [6.07, 6.45) is 15.6. The minimum absolute atomic E-state index is 0.846. The van der Waals surface area contributed by atoms with Crippen LogP contribution in [0.1, 0.15) is 57.8 Å². The lowest BCUT2D eigenvalue weighted by Crippen LogP contribution is -2.50. The first-order valence-electron chi connectivity index (χ1n) is 7.65. The van der Waals surface area contributed by atoms with Crippen LogP contribution in [0.2, 0.25) is 0 Å². The Morgan fingerprint density at radius 1 is 0.941 bits per heavy atom.